The Morgan fingerprint density at radius 3 is 2.43 bits per heavy atom. The molecule has 1 aromatic carbocycles. The number of amides is 1. The zero-order chi connectivity index (χ0) is 16.7. The van der Waals surface area contributed by atoms with Crippen molar-refractivity contribution < 1.29 is 18.7 Å². The minimum Gasteiger partial charge on any atom is -0.469 e. The molecule has 0 bridgehead atoms. The largest absolute Gasteiger partial charge is 0.469 e. The zero-order valence-corrected chi connectivity index (χ0v) is 13.6. The Balaban J connectivity index is 2.19. The van der Waals surface area contributed by atoms with E-state index in [4.69, 9.17) is 0 Å². The lowest BCUT2D eigenvalue weighted by Gasteiger charge is -2.31. The maximum Gasteiger partial charge on any atom is 0.307 e. The third kappa shape index (κ3) is 4.78. The first-order valence-corrected chi connectivity index (χ1v) is 8.26. The highest BCUT2D eigenvalue weighted by atomic mass is 19.1. The van der Waals surface area contributed by atoms with Crippen LogP contribution < -0.4 is 0 Å². The Hall–Kier alpha value is -1.91. The van der Waals surface area contributed by atoms with E-state index >= 15 is 0 Å². The van der Waals surface area contributed by atoms with Crippen LogP contribution in [0.5, 0.6) is 0 Å². The predicted octanol–water partition coefficient (Wildman–Crippen LogP) is 3.55. The summed E-state index contributed by atoms with van der Waals surface area (Å²) < 4.78 is 18.6. The van der Waals surface area contributed by atoms with Gasteiger partial charge in [0.2, 0.25) is 0 Å². The van der Waals surface area contributed by atoms with E-state index in [2.05, 4.69) is 4.74 Å². The fraction of sp³-hybridized carbons (Fsp3) is 0.556. The summed E-state index contributed by atoms with van der Waals surface area (Å²) in [6.45, 7) is 0.268. The van der Waals surface area contributed by atoms with Crippen molar-refractivity contribution in [1.29, 1.82) is 0 Å². The standard InChI is InChI=1S/C18H24FNO3/c1-23-17(21)12-13-20(14-8-4-2-3-5-9-14)18(22)15-10-6-7-11-16(15)19/h6-7,10-11,14H,2-5,8-9,12-13H2,1H3. The van der Waals surface area contributed by atoms with Gasteiger partial charge in [-0.1, -0.05) is 37.8 Å². The van der Waals surface area contributed by atoms with Crippen LogP contribution in [0, 0.1) is 5.82 Å². The molecule has 1 aliphatic rings. The highest BCUT2D eigenvalue weighted by Crippen LogP contribution is 2.24. The van der Waals surface area contributed by atoms with Crippen molar-refractivity contribution in [3.8, 4) is 0 Å². The van der Waals surface area contributed by atoms with Crippen molar-refractivity contribution >= 4 is 11.9 Å². The van der Waals surface area contributed by atoms with Gasteiger partial charge in [0, 0.05) is 12.6 Å². The van der Waals surface area contributed by atoms with E-state index in [1.54, 1.807) is 17.0 Å². The van der Waals surface area contributed by atoms with Crippen LogP contribution in [0.3, 0.4) is 0 Å². The lowest BCUT2D eigenvalue weighted by Crippen LogP contribution is -2.42. The van der Waals surface area contributed by atoms with Crippen LogP contribution >= 0.6 is 0 Å². The molecule has 126 valence electrons. The van der Waals surface area contributed by atoms with Crippen molar-refractivity contribution in [3.63, 3.8) is 0 Å². The first-order chi connectivity index (χ1) is 11.1. The second-order valence-electron chi connectivity index (χ2n) is 5.95. The molecule has 0 radical (unpaired) electrons. The van der Waals surface area contributed by atoms with E-state index < -0.39 is 5.82 Å². The smallest absolute Gasteiger partial charge is 0.307 e. The number of hydrogen-bond acceptors (Lipinski definition) is 3. The molecule has 0 heterocycles. The van der Waals surface area contributed by atoms with Gasteiger partial charge in [0.25, 0.3) is 5.91 Å². The van der Waals surface area contributed by atoms with Crippen molar-refractivity contribution in [2.75, 3.05) is 13.7 Å². The molecule has 0 N–H and O–H groups in total. The van der Waals surface area contributed by atoms with Crippen molar-refractivity contribution in [2.45, 2.75) is 51.0 Å². The van der Waals surface area contributed by atoms with E-state index in [9.17, 15) is 14.0 Å². The lowest BCUT2D eigenvalue weighted by atomic mass is 10.0. The molecule has 0 spiro atoms. The van der Waals surface area contributed by atoms with Crippen LogP contribution in [-0.2, 0) is 9.53 Å². The number of benzene rings is 1. The van der Waals surface area contributed by atoms with Crippen LogP contribution in [0.1, 0.15) is 55.3 Å². The SMILES string of the molecule is COC(=O)CCN(C(=O)c1ccccc1F)C1CCCCCC1. The number of halogens is 1. The molecule has 5 heteroatoms. The molecule has 0 aromatic heterocycles. The fourth-order valence-corrected chi connectivity index (χ4v) is 3.12. The summed E-state index contributed by atoms with van der Waals surface area (Å²) in [5, 5.41) is 0. The molecule has 1 fully saturated rings. The first-order valence-electron chi connectivity index (χ1n) is 8.26. The molecule has 4 nitrogen and oxygen atoms in total. The highest BCUT2D eigenvalue weighted by Gasteiger charge is 2.27. The van der Waals surface area contributed by atoms with Gasteiger partial charge in [-0.2, -0.15) is 0 Å². The van der Waals surface area contributed by atoms with Crippen LogP contribution in [0.25, 0.3) is 0 Å². The van der Waals surface area contributed by atoms with Gasteiger partial charge in [0.1, 0.15) is 5.82 Å². The third-order valence-corrected chi connectivity index (χ3v) is 4.42. The maximum absolute atomic E-state index is 14.0. The van der Waals surface area contributed by atoms with Crippen LogP contribution in [0.2, 0.25) is 0 Å². The average Bonchev–Trinajstić information content (AvgIpc) is 2.84. The van der Waals surface area contributed by atoms with Gasteiger partial charge in [-0.15, -0.1) is 0 Å². The molecule has 2 rings (SSSR count). The quantitative estimate of drug-likeness (QED) is 0.615. The molecule has 1 aliphatic carbocycles. The molecule has 1 aromatic rings. The van der Waals surface area contributed by atoms with Crippen molar-refractivity contribution in [1.82, 2.24) is 4.90 Å². The molecular weight excluding hydrogens is 297 g/mol. The van der Waals surface area contributed by atoms with E-state index in [0.29, 0.717) is 0 Å². The molecule has 23 heavy (non-hydrogen) atoms. The number of ether oxygens (including phenoxy) is 1. The van der Waals surface area contributed by atoms with Crippen molar-refractivity contribution in [2.24, 2.45) is 0 Å². The molecule has 0 saturated heterocycles. The van der Waals surface area contributed by atoms with Crippen LogP contribution in [0.4, 0.5) is 4.39 Å². The number of carbonyl (C=O) groups excluding carboxylic acids is 2. The van der Waals surface area contributed by atoms with E-state index in [-0.39, 0.29) is 36.4 Å². The molecule has 0 aliphatic heterocycles. The van der Waals surface area contributed by atoms with Crippen molar-refractivity contribution in [3.05, 3.63) is 35.6 Å². The number of nitrogens with zero attached hydrogens (tertiary/aromatic N) is 1. The molecule has 1 amide bonds. The molecule has 0 atom stereocenters. The van der Waals surface area contributed by atoms with Gasteiger partial charge >= 0.3 is 5.97 Å². The number of esters is 1. The number of hydrogen-bond donors (Lipinski definition) is 0. The third-order valence-electron chi connectivity index (χ3n) is 4.42. The lowest BCUT2D eigenvalue weighted by molar-refractivity contribution is -0.140. The summed E-state index contributed by atoms with van der Waals surface area (Å²) >= 11 is 0. The topological polar surface area (TPSA) is 46.6 Å². The summed E-state index contributed by atoms with van der Waals surface area (Å²) in [6, 6.07) is 6.07. The summed E-state index contributed by atoms with van der Waals surface area (Å²) in [5.41, 5.74) is 0.0709. The molecular formula is C18H24FNO3. The van der Waals surface area contributed by atoms with Gasteiger partial charge in [0.15, 0.2) is 0 Å². The van der Waals surface area contributed by atoms with Gasteiger partial charge in [-0.05, 0) is 25.0 Å². The fourth-order valence-electron chi connectivity index (χ4n) is 3.12. The summed E-state index contributed by atoms with van der Waals surface area (Å²) in [5.74, 6) is -1.21. The highest BCUT2D eigenvalue weighted by molar-refractivity contribution is 5.94. The Morgan fingerprint density at radius 2 is 1.83 bits per heavy atom. The van der Waals surface area contributed by atoms with Gasteiger partial charge in [-0.3, -0.25) is 9.59 Å². The summed E-state index contributed by atoms with van der Waals surface area (Å²) in [6.07, 6.45) is 6.38. The summed E-state index contributed by atoms with van der Waals surface area (Å²) in [7, 11) is 1.33. The average molecular weight is 321 g/mol. The second-order valence-corrected chi connectivity index (χ2v) is 5.95. The Bertz CT molecular complexity index is 539. The number of methoxy groups -OCH3 is 1. The maximum atomic E-state index is 14.0. The van der Waals surface area contributed by atoms with Gasteiger partial charge in [0.05, 0.1) is 19.1 Å². The molecule has 0 unspecified atom stereocenters. The van der Waals surface area contributed by atoms with E-state index in [1.807, 2.05) is 0 Å². The minimum atomic E-state index is -0.519. The van der Waals surface area contributed by atoms with E-state index in [0.717, 1.165) is 38.5 Å². The zero-order valence-electron chi connectivity index (χ0n) is 13.6. The Labute approximate surface area is 136 Å². The second kappa shape index (κ2) is 8.65. The summed E-state index contributed by atoms with van der Waals surface area (Å²) in [4.78, 5) is 25.9. The van der Waals surface area contributed by atoms with Crippen LogP contribution in [0.15, 0.2) is 24.3 Å². The first kappa shape index (κ1) is 17.4. The number of rotatable bonds is 5. The van der Waals surface area contributed by atoms with E-state index in [1.165, 1.54) is 19.2 Å². The van der Waals surface area contributed by atoms with Gasteiger partial charge in [-0.25, -0.2) is 4.39 Å². The predicted molar refractivity (Wildman–Crippen MR) is 85.6 cm³/mol. The van der Waals surface area contributed by atoms with Gasteiger partial charge < -0.3 is 9.64 Å². The normalized spacial score (nSPS) is 15.7. The minimum absolute atomic E-state index is 0.0641. The number of carbonyl (C=O) groups is 2. The molecule has 1 saturated carbocycles. The Kier molecular flexibility index (Phi) is 6.56. The Morgan fingerprint density at radius 1 is 1.17 bits per heavy atom. The monoisotopic (exact) mass is 321 g/mol. The van der Waals surface area contributed by atoms with Crippen LogP contribution in [-0.4, -0.2) is 36.5 Å².